The average molecular weight is 532 g/mol. The van der Waals surface area contributed by atoms with E-state index in [4.69, 9.17) is 9.47 Å². The molecule has 1 atom stereocenters. The van der Waals surface area contributed by atoms with E-state index in [1.54, 1.807) is 0 Å². The molecular formula is C35H48O2P+. The van der Waals surface area contributed by atoms with E-state index in [2.05, 4.69) is 91.0 Å². The molecule has 1 aliphatic rings. The molecule has 0 aliphatic carbocycles. The first kappa shape index (κ1) is 29.0. The predicted octanol–water partition coefficient (Wildman–Crippen LogP) is 8.42. The first-order valence-electron chi connectivity index (χ1n) is 15.2. The maximum Gasteiger partial charge on any atom is 0.157 e. The quantitative estimate of drug-likeness (QED) is 0.129. The summed E-state index contributed by atoms with van der Waals surface area (Å²) in [4.78, 5) is 0. The molecular weight excluding hydrogens is 483 g/mol. The molecule has 0 spiro atoms. The van der Waals surface area contributed by atoms with Crippen molar-refractivity contribution in [3.8, 4) is 0 Å². The van der Waals surface area contributed by atoms with Crippen LogP contribution in [0.15, 0.2) is 91.0 Å². The maximum absolute atomic E-state index is 5.85. The summed E-state index contributed by atoms with van der Waals surface area (Å²) in [5.74, 6) is 0. The fourth-order valence-electron chi connectivity index (χ4n) is 5.80. The average Bonchev–Trinajstić information content (AvgIpc) is 2.99. The highest BCUT2D eigenvalue weighted by atomic mass is 31.2. The van der Waals surface area contributed by atoms with Crippen LogP contribution in [0.25, 0.3) is 0 Å². The van der Waals surface area contributed by atoms with E-state index in [0.29, 0.717) is 0 Å². The number of hydrogen-bond acceptors (Lipinski definition) is 2. The molecule has 0 amide bonds. The molecule has 0 aromatic heterocycles. The molecule has 3 aromatic rings. The number of rotatable bonds is 17. The summed E-state index contributed by atoms with van der Waals surface area (Å²) in [6.07, 6.45) is 18.1. The monoisotopic (exact) mass is 531 g/mol. The molecule has 1 saturated heterocycles. The summed E-state index contributed by atoms with van der Waals surface area (Å²) >= 11 is 0. The molecule has 1 aliphatic heterocycles. The van der Waals surface area contributed by atoms with Crippen molar-refractivity contribution in [2.24, 2.45) is 0 Å². The molecule has 0 radical (unpaired) electrons. The van der Waals surface area contributed by atoms with Crippen LogP contribution in [0.4, 0.5) is 0 Å². The molecule has 204 valence electrons. The summed E-state index contributed by atoms with van der Waals surface area (Å²) in [5, 5.41) is 4.53. The van der Waals surface area contributed by atoms with Gasteiger partial charge < -0.3 is 9.47 Å². The third kappa shape index (κ3) is 8.77. The van der Waals surface area contributed by atoms with E-state index < -0.39 is 7.26 Å². The van der Waals surface area contributed by atoms with Crippen molar-refractivity contribution in [2.45, 2.75) is 89.8 Å². The molecule has 4 rings (SSSR count). The molecule has 1 fully saturated rings. The fraction of sp³-hybridized carbons (Fsp3) is 0.486. The van der Waals surface area contributed by atoms with E-state index in [1.807, 2.05) is 0 Å². The second-order valence-electron chi connectivity index (χ2n) is 10.7. The molecule has 3 aromatic carbocycles. The van der Waals surface area contributed by atoms with Crippen LogP contribution in [0.5, 0.6) is 0 Å². The SMILES string of the molecule is c1ccc([P+](CCCCCCCCCCCCOC2CCCCO2)(c2ccccc2)c2ccccc2)cc1. The van der Waals surface area contributed by atoms with Crippen molar-refractivity contribution >= 4 is 23.2 Å². The van der Waals surface area contributed by atoms with E-state index in [9.17, 15) is 0 Å². The van der Waals surface area contributed by atoms with Gasteiger partial charge in [0.05, 0.1) is 6.16 Å². The third-order valence-corrected chi connectivity index (χ3v) is 12.4. The van der Waals surface area contributed by atoms with Crippen molar-refractivity contribution in [3.05, 3.63) is 91.0 Å². The van der Waals surface area contributed by atoms with Crippen molar-refractivity contribution in [1.82, 2.24) is 0 Å². The normalized spacial score (nSPS) is 15.9. The van der Waals surface area contributed by atoms with E-state index >= 15 is 0 Å². The molecule has 0 saturated carbocycles. The highest BCUT2D eigenvalue weighted by Gasteiger charge is 2.44. The number of benzene rings is 3. The lowest BCUT2D eigenvalue weighted by Gasteiger charge is -2.27. The highest BCUT2D eigenvalue weighted by molar-refractivity contribution is 7.95. The van der Waals surface area contributed by atoms with Crippen LogP contribution in [0.2, 0.25) is 0 Å². The molecule has 0 N–H and O–H groups in total. The van der Waals surface area contributed by atoms with Crippen molar-refractivity contribution in [2.75, 3.05) is 19.4 Å². The summed E-state index contributed by atoms with van der Waals surface area (Å²) < 4.78 is 11.5. The molecule has 1 heterocycles. The number of unbranched alkanes of at least 4 members (excludes halogenated alkanes) is 9. The largest absolute Gasteiger partial charge is 0.353 e. The topological polar surface area (TPSA) is 18.5 Å². The van der Waals surface area contributed by atoms with E-state index in [-0.39, 0.29) is 6.29 Å². The summed E-state index contributed by atoms with van der Waals surface area (Å²) in [6.45, 7) is 1.74. The van der Waals surface area contributed by atoms with Crippen molar-refractivity contribution < 1.29 is 9.47 Å². The minimum atomic E-state index is -1.66. The van der Waals surface area contributed by atoms with Crippen LogP contribution in [0, 0.1) is 0 Å². The summed E-state index contributed by atoms with van der Waals surface area (Å²) in [6, 6.07) is 33.9. The van der Waals surface area contributed by atoms with Gasteiger partial charge in [0.1, 0.15) is 23.2 Å². The lowest BCUT2D eigenvalue weighted by Crippen LogP contribution is -2.33. The molecule has 3 heteroatoms. The first-order valence-corrected chi connectivity index (χ1v) is 17.2. The van der Waals surface area contributed by atoms with Crippen LogP contribution in [0.1, 0.15) is 83.5 Å². The zero-order chi connectivity index (χ0) is 26.1. The number of ether oxygens (including phenoxy) is 2. The zero-order valence-corrected chi connectivity index (χ0v) is 24.2. The standard InChI is InChI=1S/C35H48O2P/c1(3-5-7-19-29-36-35-28-18-20-30-37-35)2-4-6-8-21-31-38(32-22-12-9-13-23-32,33-24-14-10-15-25-33)34-26-16-11-17-27-34/h9-17,22-27,35H,1-8,18-21,28-31H2/q+1. The van der Waals surface area contributed by atoms with Crippen molar-refractivity contribution in [1.29, 1.82) is 0 Å². The van der Waals surface area contributed by atoms with Gasteiger partial charge in [0, 0.05) is 13.2 Å². The summed E-state index contributed by atoms with van der Waals surface area (Å²) in [5.41, 5.74) is 0. The van der Waals surface area contributed by atoms with Gasteiger partial charge in [-0.15, -0.1) is 0 Å². The van der Waals surface area contributed by atoms with Crippen LogP contribution in [-0.2, 0) is 9.47 Å². The number of hydrogen-bond donors (Lipinski definition) is 0. The van der Waals surface area contributed by atoms with Gasteiger partial charge in [-0.3, -0.25) is 0 Å². The minimum absolute atomic E-state index is 0.0733. The van der Waals surface area contributed by atoms with Gasteiger partial charge in [-0.25, -0.2) is 0 Å². The Morgan fingerprint density at radius 3 is 1.45 bits per heavy atom. The second-order valence-corrected chi connectivity index (χ2v) is 14.4. The zero-order valence-electron chi connectivity index (χ0n) is 23.3. The van der Waals surface area contributed by atoms with Gasteiger partial charge in [0.15, 0.2) is 6.29 Å². The summed E-state index contributed by atoms with van der Waals surface area (Å²) in [7, 11) is -1.66. The van der Waals surface area contributed by atoms with Gasteiger partial charge in [0.2, 0.25) is 0 Å². The van der Waals surface area contributed by atoms with Gasteiger partial charge in [-0.1, -0.05) is 99.5 Å². The maximum atomic E-state index is 5.85. The Hall–Kier alpha value is -1.99. The predicted molar refractivity (Wildman–Crippen MR) is 166 cm³/mol. The van der Waals surface area contributed by atoms with Crippen LogP contribution >= 0.6 is 7.26 Å². The molecule has 1 unspecified atom stereocenters. The minimum Gasteiger partial charge on any atom is -0.353 e. The Balaban J connectivity index is 1.18. The van der Waals surface area contributed by atoms with Crippen molar-refractivity contribution in [3.63, 3.8) is 0 Å². The fourth-order valence-corrected chi connectivity index (χ4v) is 10.2. The molecule has 0 bridgehead atoms. The third-order valence-electron chi connectivity index (χ3n) is 7.92. The lowest BCUT2D eigenvalue weighted by molar-refractivity contribution is -0.162. The van der Waals surface area contributed by atoms with Crippen LogP contribution < -0.4 is 15.9 Å². The Labute approximate surface area is 232 Å². The Morgan fingerprint density at radius 1 is 0.553 bits per heavy atom. The highest BCUT2D eigenvalue weighted by Crippen LogP contribution is 2.56. The Morgan fingerprint density at radius 2 is 1.00 bits per heavy atom. The smallest absolute Gasteiger partial charge is 0.157 e. The lowest BCUT2D eigenvalue weighted by atomic mass is 10.1. The Bertz CT molecular complexity index is 890. The van der Waals surface area contributed by atoms with Gasteiger partial charge >= 0.3 is 0 Å². The van der Waals surface area contributed by atoms with E-state index in [0.717, 1.165) is 19.6 Å². The van der Waals surface area contributed by atoms with Gasteiger partial charge in [-0.05, 0) is 74.9 Å². The molecule has 2 nitrogen and oxygen atoms in total. The van der Waals surface area contributed by atoms with Crippen LogP contribution in [-0.4, -0.2) is 25.7 Å². The molecule has 38 heavy (non-hydrogen) atoms. The van der Waals surface area contributed by atoms with Gasteiger partial charge in [-0.2, -0.15) is 0 Å². The van der Waals surface area contributed by atoms with Crippen LogP contribution in [0.3, 0.4) is 0 Å². The van der Waals surface area contributed by atoms with Gasteiger partial charge in [0.25, 0.3) is 0 Å². The Kier molecular flexibility index (Phi) is 12.9. The van der Waals surface area contributed by atoms with E-state index in [1.165, 1.54) is 99.1 Å². The first-order chi connectivity index (χ1) is 18.9. The second kappa shape index (κ2) is 16.9.